The van der Waals surface area contributed by atoms with Crippen LogP contribution >= 0.6 is 0 Å². The molecule has 2 N–H and O–H groups in total. The first-order valence-electron chi connectivity index (χ1n) is 3.52. The summed E-state index contributed by atoms with van der Waals surface area (Å²) in [5.74, 6) is -0.326. The van der Waals surface area contributed by atoms with Crippen molar-refractivity contribution in [3.8, 4) is 0 Å². The molecule has 0 spiro atoms. The minimum atomic E-state index is -1.84. The standard InChI is InChI=1S/C6H15NO3Si/c1-4-5(6(7)8)11(9-2)10-3/h5,11H,4H2,1-3H3,(H2,7,8). The summed E-state index contributed by atoms with van der Waals surface area (Å²) in [6.07, 6.45) is 0.688. The average Bonchev–Trinajstić information content (AvgIpc) is 1.99. The van der Waals surface area contributed by atoms with E-state index in [4.69, 9.17) is 14.6 Å². The molecule has 11 heavy (non-hydrogen) atoms. The second kappa shape index (κ2) is 5.28. The van der Waals surface area contributed by atoms with Crippen molar-refractivity contribution < 1.29 is 13.6 Å². The highest BCUT2D eigenvalue weighted by Crippen LogP contribution is 2.14. The molecule has 0 radical (unpaired) electrons. The topological polar surface area (TPSA) is 61.6 Å². The van der Waals surface area contributed by atoms with E-state index in [2.05, 4.69) is 0 Å². The number of hydrogen-bond donors (Lipinski definition) is 1. The molecular weight excluding hydrogens is 162 g/mol. The molecule has 5 heteroatoms. The van der Waals surface area contributed by atoms with Crippen LogP contribution < -0.4 is 5.73 Å². The first kappa shape index (κ1) is 10.6. The van der Waals surface area contributed by atoms with E-state index < -0.39 is 9.28 Å². The van der Waals surface area contributed by atoms with E-state index in [0.717, 1.165) is 0 Å². The zero-order chi connectivity index (χ0) is 8.85. The zero-order valence-corrected chi connectivity index (χ0v) is 8.32. The molecule has 0 heterocycles. The molecule has 0 aliphatic carbocycles. The van der Waals surface area contributed by atoms with Crippen molar-refractivity contribution in [3.63, 3.8) is 0 Å². The first-order valence-corrected chi connectivity index (χ1v) is 5.13. The number of rotatable bonds is 5. The molecule has 1 amide bonds. The third-order valence-electron chi connectivity index (χ3n) is 1.60. The van der Waals surface area contributed by atoms with Gasteiger partial charge in [-0.15, -0.1) is 0 Å². The Morgan fingerprint density at radius 2 is 2.00 bits per heavy atom. The van der Waals surface area contributed by atoms with Crippen molar-refractivity contribution in [2.24, 2.45) is 5.73 Å². The minimum Gasteiger partial charge on any atom is -0.399 e. The van der Waals surface area contributed by atoms with E-state index in [1.165, 1.54) is 0 Å². The highest BCUT2D eigenvalue weighted by Gasteiger charge is 2.27. The predicted octanol–water partition coefficient (Wildman–Crippen LogP) is -0.235. The van der Waals surface area contributed by atoms with Gasteiger partial charge in [-0.25, -0.2) is 0 Å². The van der Waals surface area contributed by atoms with Gasteiger partial charge in [0.05, 0.1) is 5.54 Å². The second-order valence-corrected chi connectivity index (χ2v) is 4.74. The largest absolute Gasteiger partial charge is 0.399 e. The van der Waals surface area contributed by atoms with Crippen LogP contribution in [0, 0.1) is 0 Å². The Balaban J connectivity index is 4.09. The van der Waals surface area contributed by atoms with Crippen LogP contribution in [-0.4, -0.2) is 29.4 Å². The Hall–Kier alpha value is -0.393. The van der Waals surface area contributed by atoms with E-state index in [1.807, 2.05) is 6.92 Å². The predicted molar refractivity (Wildman–Crippen MR) is 44.4 cm³/mol. The maximum absolute atomic E-state index is 10.8. The molecule has 0 aromatic carbocycles. The lowest BCUT2D eigenvalue weighted by Crippen LogP contribution is -2.34. The van der Waals surface area contributed by atoms with Crippen molar-refractivity contribution in [1.29, 1.82) is 0 Å². The van der Waals surface area contributed by atoms with Gasteiger partial charge in [-0.05, 0) is 6.42 Å². The van der Waals surface area contributed by atoms with Crippen LogP contribution in [0.15, 0.2) is 0 Å². The fourth-order valence-corrected chi connectivity index (χ4v) is 2.46. The molecule has 0 aliphatic heterocycles. The molecule has 1 unspecified atom stereocenters. The van der Waals surface area contributed by atoms with Gasteiger partial charge in [0.2, 0.25) is 5.91 Å². The quantitative estimate of drug-likeness (QED) is 0.590. The van der Waals surface area contributed by atoms with Crippen molar-refractivity contribution in [1.82, 2.24) is 0 Å². The fourth-order valence-electron chi connectivity index (χ4n) is 0.953. The third-order valence-corrected chi connectivity index (χ3v) is 3.98. The minimum absolute atomic E-state index is 0.218. The Morgan fingerprint density at radius 3 is 2.09 bits per heavy atom. The van der Waals surface area contributed by atoms with E-state index >= 15 is 0 Å². The van der Waals surface area contributed by atoms with Crippen LogP contribution in [0.25, 0.3) is 0 Å². The Kier molecular flexibility index (Phi) is 5.09. The maximum Gasteiger partial charge on any atom is 0.333 e. The summed E-state index contributed by atoms with van der Waals surface area (Å²) in [7, 11) is 1.26. The van der Waals surface area contributed by atoms with Crippen LogP contribution in [0.2, 0.25) is 5.54 Å². The van der Waals surface area contributed by atoms with Gasteiger partial charge >= 0.3 is 9.28 Å². The van der Waals surface area contributed by atoms with Crippen molar-refractivity contribution in [2.75, 3.05) is 14.2 Å². The van der Waals surface area contributed by atoms with E-state index in [9.17, 15) is 4.79 Å². The molecule has 0 rings (SSSR count). The summed E-state index contributed by atoms with van der Waals surface area (Å²) >= 11 is 0. The number of carbonyl (C=O) groups is 1. The smallest absolute Gasteiger partial charge is 0.333 e. The maximum atomic E-state index is 10.8. The van der Waals surface area contributed by atoms with Crippen molar-refractivity contribution in [3.05, 3.63) is 0 Å². The van der Waals surface area contributed by atoms with Crippen LogP contribution in [0.3, 0.4) is 0 Å². The molecule has 66 valence electrons. The lowest BCUT2D eigenvalue weighted by atomic mass is 10.3. The van der Waals surface area contributed by atoms with Crippen LogP contribution in [0.5, 0.6) is 0 Å². The van der Waals surface area contributed by atoms with Gasteiger partial charge in [-0.1, -0.05) is 6.92 Å². The fraction of sp³-hybridized carbons (Fsp3) is 0.833. The van der Waals surface area contributed by atoms with Crippen LogP contribution in [-0.2, 0) is 13.6 Å². The number of carbonyl (C=O) groups excluding carboxylic acids is 1. The van der Waals surface area contributed by atoms with Crippen molar-refractivity contribution >= 4 is 15.2 Å². The number of primary amides is 1. The Bertz CT molecular complexity index is 127. The van der Waals surface area contributed by atoms with Gasteiger partial charge < -0.3 is 14.6 Å². The van der Waals surface area contributed by atoms with Gasteiger partial charge in [0.15, 0.2) is 0 Å². The molecule has 0 aromatic heterocycles. The summed E-state index contributed by atoms with van der Waals surface area (Å²) in [5, 5.41) is 0. The average molecular weight is 177 g/mol. The first-order chi connectivity index (χ1) is 5.17. The molecular formula is C6H15NO3Si. The van der Waals surface area contributed by atoms with E-state index in [1.54, 1.807) is 14.2 Å². The second-order valence-electron chi connectivity index (χ2n) is 2.26. The molecule has 0 aromatic rings. The zero-order valence-electron chi connectivity index (χ0n) is 7.16. The Morgan fingerprint density at radius 1 is 1.55 bits per heavy atom. The van der Waals surface area contributed by atoms with Gasteiger partial charge in [0.25, 0.3) is 0 Å². The third kappa shape index (κ3) is 3.00. The monoisotopic (exact) mass is 177 g/mol. The van der Waals surface area contributed by atoms with Gasteiger partial charge in [-0.2, -0.15) is 0 Å². The molecule has 4 nitrogen and oxygen atoms in total. The highest BCUT2D eigenvalue weighted by molar-refractivity contribution is 6.51. The number of nitrogens with two attached hydrogens (primary N) is 1. The summed E-state index contributed by atoms with van der Waals surface area (Å²) in [6, 6.07) is 0. The van der Waals surface area contributed by atoms with E-state index in [0.29, 0.717) is 6.42 Å². The molecule has 0 bridgehead atoms. The molecule has 1 atom stereocenters. The van der Waals surface area contributed by atoms with Crippen molar-refractivity contribution in [2.45, 2.75) is 18.9 Å². The molecule has 0 fully saturated rings. The van der Waals surface area contributed by atoms with Gasteiger partial charge in [0.1, 0.15) is 0 Å². The van der Waals surface area contributed by atoms with Gasteiger partial charge in [-0.3, -0.25) is 4.79 Å². The normalized spacial score (nSPS) is 13.5. The Labute approximate surface area is 68.5 Å². The van der Waals surface area contributed by atoms with E-state index in [-0.39, 0.29) is 11.4 Å². The van der Waals surface area contributed by atoms with Gasteiger partial charge in [0, 0.05) is 14.2 Å². The van der Waals surface area contributed by atoms with Crippen LogP contribution in [0.1, 0.15) is 13.3 Å². The summed E-state index contributed by atoms with van der Waals surface area (Å²) in [5.41, 5.74) is 4.92. The molecule has 0 saturated heterocycles. The number of amides is 1. The number of hydrogen-bond acceptors (Lipinski definition) is 3. The molecule has 0 aliphatic rings. The summed E-state index contributed by atoms with van der Waals surface area (Å²) < 4.78 is 10.1. The van der Waals surface area contributed by atoms with Crippen LogP contribution in [0.4, 0.5) is 0 Å². The lowest BCUT2D eigenvalue weighted by molar-refractivity contribution is -0.118. The summed E-state index contributed by atoms with van der Waals surface area (Å²) in [4.78, 5) is 10.8. The summed E-state index contributed by atoms with van der Waals surface area (Å²) in [6.45, 7) is 1.90. The SMILES string of the molecule is CCC(C(N)=O)[SiH](OC)OC. The molecule has 0 saturated carbocycles. The highest BCUT2D eigenvalue weighted by atomic mass is 28.3. The lowest BCUT2D eigenvalue weighted by Gasteiger charge is -2.17.